The summed E-state index contributed by atoms with van der Waals surface area (Å²) in [5, 5.41) is 14.7. The average molecular weight is 497 g/mol. The zero-order chi connectivity index (χ0) is 26.2. The molecule has 3 aromatic rings. The molecular weight excluding hydrogens is 468 g/mol. The molecule has 36 heavy (non-hydrogen) atoms. The molecule has 0 aliphatic carbocycles. The molecular formula is C26H28N2O8. The fourth-order valence-electron chi connectivity index (χ4n) is 3.53. The van der Waals surface area contributed by atoms with Crippen LogP contribution in [0.2, 0.25) is 0 Å². The lowest BCUT2D eigenvalue weighted by Crippen LogP contribution is -2.48. The highest BCUT2D eigenvalue weighted by Crippen LogP contribution is 2.30. The zero-order valence-electron chi connectivity index (χ0n) is 20.2. The molecule has 0 spiro atoms. The number of amides is 2. The molecule has 0 aliphatic rings. The van der Waals surface area contributed by atoms with Gasteiger partial charge in [0.1, 0.15) is 23.1 Å². The van der Waals surface area contributed by atoms with Gasteiger partial charge in [-0.2, -0.15) is 0 Å². The van der Waals surface area contributed by atoms with E-state index in [4.69, 9.17) is 13.9 Å². The molecule has 3 rings (SSSR count). The molecule has 1 heterocycles. The normalized spacial score (nSPS) is 12.4. The first kappa shape index (κ1) is 26.3. The molecule has 10 heteroatoms. The van der Waals surface area contributed by atoms with E-state index in [0.29, 0.717) is 28.9 Å². The predicted octanol–water partition coefficient (Wildman–Crippen LogP) is 2.58. The van der Waals surface area contributed by atoms with Gasteiger partial charge in [-0.1, -0.05) is 32.4 Å². The van der Waals surface area contributed by atoms with Crippen LogP contribution in [0.15, 0.2) is 57.7 Å². The van der Waals surface area contributed by atoms with Crippen LogP contribution in [-0.4, -0.2) is 49.2 Å². The predicted molar refractivity (Wildman–Crippen MR) is 132 cm³/mol. The Morgan fingerprint density at radius 3 is 2.36 bits per heavy atom. The quantitative estimate of drug-likeness (QED) is 0.344. The van der Waals surface area contributed by atoms with Crippen molar-refractivity contribution in [3.8, 4) is 22.6 Å². The van der Waals surface area contributed by atoms with Crippen molar-refractivity contribution in [3.05, 3.63) is 59.0 Å². The number of rotatable bonds is 11. The number of carbonyl (C=O) groups is 3. The number of fused-ring (bicyclic) bond motifs is 1. The van der Waals surface area contributed by atoms with Gasteiger partial charge in [0.05, 0.1) is 13.7 Å². The first-order valence-electron chi connectivity index (χ1n) is 11.4. The van der Waals surface area contributed by atoms with E-state index in [-0.39, 0.29) is 18.0 Å². The number of ether oxygens (including phenoxy) is 2. The van der Waals surface area contributed by atoms with Crippen LogP contribution in [-0.2, 0) is 14.4 Å². The highest BCUT2D eigenvalue weighted by Gasteiger charge is 2.25. The molecule has 0 saturated carbocycles. The van der Waals surface area contributed by atoms with E-state index in [1.165, 1.54) is 12.1 Å². The van der Waals surface area contributed by atoms with Crippen LogP contribution in [0.3, 0.4) is 0 Å². The molecule has 0 saturated heterocycles. The van der Waals surface area contributed by atoms with E-state index < -0.39 is 36.1 Å². The van der Waals surface area contributed by atoms with E-state index in [2.05, 4.69) is 10.6 Å². The lowest BCUT2D eigenvalue weighted by Gasteiger charge is -2.20. The van der Waals surface area contributed by atoms with Gasteiger partial charge in [-0.05, 0) is 41.3 Å². The van der Waals surface area contributed by atoms with Crippen LogP contribution in [0.25, 0.3) is 22.1 Å². The van der Waals surface area contributed by atoms with Crippen LogP contribution < -0.4 is 25.7 Å². The topological polar surface area (TPSA) is 144 Å². The fraction of sp³-hybridized carbons (Fsp3) is 0.308. The Morgan fingerprint density at radius 2 is 1.72 bits per heavy atom. The number of hydrogen-bond acceptors (Lipinski definition) is 7. The van der Waals surface area contributed by atoms with Gasteiger partial charge < -0.3 is 29.6 Å². The number of carboxylic acid groups (broad SMARTS) is 1. The van der Waals surface area contributed by atoms with E-state index in [1.54, 1.807) is 38.3 Å². The van der Waals surface area contributed by atoms with Crippen molar-refractivity contribution >= 4 is 28.8 Å². The van der Waals surface area contributed by atoms with E-state index in [1.807, 2.05) is 19.1 Å². The lowest BCUT2D eigenvalue weighted by molar-refractivity contribution is -0.143. The molecule has 0 radical (unpaired) electrons. The van der Waals surface area contributed by atoms with Crippen molar-refractivity contribution in [1.82, 2.24) is 10.6 Å². The Morgan fingerprint density at radius 1 is 1.03 bits per heavy atom. The SMILES string of the molecule is CC[C@@H](C)[C@@H](NC(=O)CNC(=O)COc1ccc2c(-c3ccc(OC)cc3)cc(=O)oc2c1)C(=O)O. The zero-order valence-corrected chi connectivity index (χ0v) is 20.2. The van der Waals surface area contributed by atoms with Crippen LogP contribution in [0, 0.1) is 5.92 Å². The minimum Gasteiger partial charge on any atom is -0.497 e. The molecule has 0 fully saturated rings. The second-order valence-corrected chi connectivity index (χ2v) is 8.20. The first-order chi connectivity index (χ1) is 17.2. The number of carboxylic acids is 1. The number of methoxy groups -OCH3 is 1. The summed E-state index contributed by atoms with van der Waals surface area (Å²) in [6, 6.07) is 12.5. The molecule has 3 N–H and O–H groups in total. The van der Waals surface area contributed by atoms with Gasteiger partial charge in [0, 0.05) is 17.5 Å². The standard InChI is InChI=1S/C26H28N2O8/c1-4-15(2)25(26(32)33)28-22(29)13-27-23(30)14-35-18-9-10-19-20(12-24(31)36-21(19)11-18)16-5-7-17(34-3)8-6-16/h5-12,15,25H,4,13-14H2,1-3H3,(H,27,30)(H,28,29)(H,32,33)/t15-,25-/m1/s1. The van der Waals surface area contributed by atoms with Crippen molar-refractivity contribution in [2.75, 3.05) is 20.3 Å². The van der Waals surface area contributed by atoms with Crippen LogP contribution in [0.5, 0.6) is 11.5 Å². The summed E-state index contributed by atoms with van der Waals surface area (Å²) in [6.45, 7) is 2.76. The van der Waals surface area contributed by atoms with E-state index in [9.17, 15) is 24.3 Å². The molecule has 10 nitrogen and oxygen atoms in total. The van der Waals surface area contributed by atoms with Gasteiger partial charge in [-0.25, -0.2) is 9.59 Å². The van der Waals surface area contributed by atoms with Crippen molar-refractivity contribution in [2.45, 2.75) is 26.3 Å². The monoisotopic (exact) mass is 496 g/mol. The minimum absolute atomic E-state index is 0.260. The second kappa shape index (κ2) is 11.9. The third kappa shape index (κ3) is 6.62. The Labute approximate surface area is 207 Å². The Balaban J connectivity index is 1.62. The number of nitrogens with one attached hydrogen (secondary N) is 2. The summed E-state index contributed by atoms with van der Waals surface area (Å²) in [6.07, 6.45) is 0.574. The van der Waals surface area contributed by atoms with E-state index >= 15 is 0 Å². The molecule has 2 amide bonds. The van der Waals surface area contributed by atoms with Crippen LogP contribution >= 0.6 is 0 Å². The average Bonchev–Trinajstić information content (AvgIpc) is 2.88. The summed E-state index contributed by atoms with van der Waals surface area (Å²) in [7, 11) is 1.57. The highest BCUT2D eigenvalue weighted by molar-refractivity contribution is 5.94. The minimum atomic E-state index is -1.13. The van der Waals surface area contributed by atoms with Gasteiger partial charge in [-0.15, -0.1) is 0 Å². The highest BCUT2D eigenvalue weighted by atomic mass is 16.5. The van der Waals surface area contributed by atoms with Gasteiger partial charge in [-0.3, -0.25) is 9.59 Å². The Hall–Kier alpha value is -4.34. The summed E-state index contributed by atoms with van der Waals surface area (Å²) in [5.74, 6) is -1.60. The maximum atomic E-state index is 12.1. The van der Waals surface area contributed by atoms with Crippen molar-refractivity contribution in [1.29, 1.82) is 0 Å². The van der Waals surface area contributed by atoms with Crippen molar-refractivity contribution in [3.63, 3.8) is 0 Å². The van der Waals surface area contributed by atoms with Crippen molar-refractivity contribution in [2.24, 2.45) is 5.92 Å². The number of aliphatic carboxylic acids is 1. The van der Waals surface area contributed by atoms with Crippen LogP contribution in [0.1, 0.15) is 20.3 Å². The number of hydrogen-bond donors (Lipinski definition) is 3. The largest absolute Gasteiger partial charge is 0.497 e. The Bertz CT molecular complexity index is 1300. The number of carbonyl (C=O) groups excluding carboxylic acids is 2. The summed E-state index contributed by atoms with van der Waals surface area (Å²) in [5.41, 5.74) is 1.23. The molecule has 0 bridgehead atoms. The smallest absolute Gasteiger partial charge is 0.336 e. The van der Waals surface area contributed by atoms with Gasteiger partial charge in [0.25, 0.3) is 5.91 Å². The van der Waals surface area contributed by atoms with Gasteiger partial charge in [0.15, 0.2) is 6.61 Å². The summed E-state index contributed by atoms with van der Waals surface area (Å²) < 4.78 is 16.0. The maximum absolute atomic E-state index is 12.1. The third-order valence-electron chi connectivity index (χ3n) is 5.73. The third-order valence-corrected chi connectivity index (χ3v) is 5.73. The molecule has 2 atom stereocenters. The second-order valence-electron chi connectivity index (χ2n) is 8.20. The van der Waals surface area contributed by atoms with E-state index in [0.717, 1.165) is 5.56 Å². The van der Waals surface area contributed by atoms with Gasteiger partial charge >= 0.3 is 11.6 Å². The molecule has 0 aliphatic heterocycles. The maximum Gasteiger partial charge on any atom is 0.336 e. The van der Waals surface area contributed by atoms with Crippen LogP contribution in [0.4, 0.5) is 0 Å². The fourth-order valence-corrected chi connectivity index (χ4v) is 3.53. The van der Waals surface area contributed by atoms with Gasteiger partial charge in [0.2, 0.25) is 5.91 Å². The summed E-state index contributed by atoms with van der Waals surface area (Å²) >= 11 is 0. The molecule has 1 aromatic heterocycles. The number of benzene rings is 2. The Kier molecular flexibility index (Phi) is 8.66. The molecule has 190 valence electrons. The molecule has 0 unspecified atom stereocenters. The lowest BCUT2D eigenvalue weighted by atomic mass is 9.99. The summed E-state index contributed by atoms with van der Waals surface area (Å²) in [4.78, 5) is 47.6. The molecule has 2 aromatic carbocycles. The first-order valence-corrected chi connectivity index (χ1v) is 11.4. The van der Waals surface area contributed by atoms with Crippen molar-refractivity contribution < 1.29 is 33.4 Å².